The monoisotopic (exact) mass is 1560 g/mol. The average Bonchev–Trinajstić information content (AvgIpc) is 1.59. The van der Waals surface area contributed by atoms with Crippen LogP contribution in [0.15, 0.2) is 124 Å². The van der Waals surface area contributed by atoms with Crippen molar-refractivity contribution < 1.29 is 160 Å². The van der Waals surface area contributed by atoms with Gasteiger partial charge in [-0.05, 0) is 135 Å². The number of anilines is 1. The van der Waals surface area contributed by atoms with E-state index in [4.69, 9.17) is 34.3 Å². The standard InChI is InChI=1S/C20H19F3N2O4S.C19H17F3N2O4S.C17H15F3N2O3S.C5H12O3.C5H10O2.CH4O.ClH.Na/c1-12-16(10-18(26)29-2)15-5-4-8-24-19(15)25(12)11-13-6-7-14(30(3,27)28)9-17(13)20(21,22)23;1-11-15(9-17(25)26)14-4-3-7-23-18(14)24(11)10-12-5-6-13(29(2,27)28)8-16(12)19(20,21)22;1-26(24,25)14-7-6-13(15(10-14)17(18,19)20)11-22-16-12(5-3-9-23)4-2-8-21-16;1-5(6-2,7-3)8-4;1-5(2,3)4(6)7;1-2;;/h4-9H,10-11H2,1-3H3;3-8H,9-10H2,1-2H3,(H,25,26);2,4,6-8,10,23H,9,11H2,1H3,(H,21,22);1-4H3;1-3H3,(H,6,7);2H,1H3;1H;/q;;;;;;;+1/p-1. The van der Waals surface area contributed by atoms with Gasteiger partial charge < -0.3 is 66.2 Å². The Kier molecular flexibility index (Phi) is 35.9. The van der Waals surface area contributed by atoms with Crippen LogP contribution in [0.4, 0.5) is 45.3 Å². The first-order valence-electron chi connectivity index (χ1n) is 29.5. The van der Waals surface area contributed by atoms with Crippen molar-refractivity contribution in [2.45, 2.75) is 113 Å². The van der Waals surface area contributed by atoms with E-state index in [1.807, 2.05) is 0 Å². The molecule has 0 saturated carbocycles. The molecule has 0 fully saturated rings. The third-order valence-electron chi connectivity index (χ3n) is 14.7. The van der Waals surface area contributed by atoms with Crippen molar-refractivity contribution in [3.63, 3.8) is 0 Å². The summed E-state index contributed by atoms with van der Waals surface area (Å²) < 4.78 is 214. The third kappa shape index (κ3) is 27.0. The second-order valence-electron chi connectivity index (χ2n) is 22.9. The number of sulfone groups is 3. The number of aliphatic hydroxyl groups excluding tert-OH is 2. The molecule has 0 spiro atoms. The van der Waals surface area contributed by atoms with Crippen LogP contribution in [0.2, 0.25) is 0 Å². The molecular weight excluding hydrogens is 1490 g/mol. The van der Waals surface area contributed by atoms with Gasteiger partial charge in [0.05, 0.1) is 62.3 Å². The molecule has 3 aromatic carbocycles. The summed E-state index contributed by atoms with van der Waals surface area (Å²) in [6.07, 6.45) is -7.57. The van der Waals surface area contributed by atoms with Crippen molar-refractivity contribution in [2.75, 3.05) is 66.2 Å². The maximum Gasteiger partial charge on any atom is 1.00 e. The number of carboxylic acids is 2. The first-order valence-corrected chi connectivity index (χ1v) is 35.2. The summed E-state index contributed by atoms with van der Waals surface area (Å²) in [7, 11) is -4.55. The van der Waals surface area contributed by atoms with Gasteiger partial charge in [-0.25, -0.2) is 40.2 Å². The number of hydrogen-bond donors (Lipinski definition) is 5. The number of carbonyl (C=O) groups excluding carboxylic acids is 1. The van der Waals surface area contributed by atoms with Gasteiger partial charge >= 0.3 is 66.0 Å². The Labute approximate surface area is 623 Å². The number of nitrogens with one attached hydrogen (secondary N) is 1. The van der Waals surface area contributed by atoms with Gasteiger partial charge in [0.2, 0.25) is 0 Å². The Bertz CT molecular complexity index is 4680. The Morgan fingerprint density at radius 1 is 0.558 bits per heavy atom. The van der Waals surface area contributed by atoms with Crippen molar-refractivity contribution in [1.29, 1.82) is 0 Å². The maximum atomic E-state index is 13.7. The molecule has 0 aliphatic rings. The fraction of sp³-hybridized carbons (Fsp3) is 0.373. The molecule has 0 unspecified atom stereocenters. The van der Waals surface area contributed by atoms with E-state index in [0.29, 0.717) is 68.3 Å². The predicted octanol–water partition coefficient (Wildman–Crippen LogP) is 4.77. The summed E-state index contributed by atoms with van der Waals surface area (Å²) in [4.78, 5) is 44.3. The number of esters is 1. The minimum Gasteiger partial charge on any atom is -1.00 e. The molecule has 0 amide bonds. The number of alkyl halides is 9. The van der Waals surface area contributed by atoms with Crippen LogP contribution in [0.1, 0.15) is 89.2 Å². The third-order valence-corrected chi connectivity index (χ3v) is 18.0. The van der Waals surface area contributed by atoms with Crippen LogP contribution < -0.4 is 47.3 Å². The van der Waals surface area contributed by atoms with Crippen LogP contribution in [-0.2, 0) is 114 Å². The number of pyridine rings is 3. The normalized spacial score (nSPS) is 11.7. The minimum atomic E-state index is -4.76. The molecule has 8 aromatic rings. The molecule has 8 rings (SSSR count). The van der Waals surface area contributed by atoms with Crippen LogP contribution in [0, 0.1) is 31.1 Å². The molecule has 37 heteroatoms. The zero-order chi connectivity index (χ0) is 77.9. The number of rotatable bonds is 17. The second-order valence-corrected chi connectivity index (χ2v) is 28.9. The number of methoxy groups -OCH3 is 4. The first-order chi connectivity index (χ1) is 47.1. The number of aliphatic hydroxyl groups is 2. The number of benzene rings is 3. The van der Waals surface area contributed by atoms with Crippen molar-refractivity contribution in [2.24, 2.45) is 5.41 Å². The average molecular weight is 1560 g/mol. The van der Waals surface area contributed by atoms with E-state index in [9.17, 15) is 84.3 Å². The maximum absolute atomic E-state index is 13.7. The van der Waals surface area contributed by atoms with Gasteiger partial charge in [-0.3, -0.25) is 14.4 Å². The van der Waals surface area contributed by atoms with E-state index in [1.54, 1.807) is 82.5 Å². The van der Waals surface area contributed by atoms with Crippen molar-refractivity contribution >= 4 is 75.3 Å². The van der Waals surface area contributed by atoms with Crippen LogP contribution in [-0.4, -0.2) is 155 Å². The topological polar surface area (TPSA) is 332 Å². The van der Waals surface area contributed by atoms with E-state index >= 15 is 0 Å². The van der Waals surface area contributed by atoms with Gasteiger partial charge in [0.1, 0.15) is 23.7 Å². The molecule has 5 aromatic heterocycles. The number of aliphatic carboxylic acids is 2. The van der Waals surface area contributed by atoms with Gasteiger partial charge in [0, 0.05) is 115 Å². The molecule has 0 atom stereocenters. The Morgan fingerprint density at radius 3 is 1.22 bits per heavy atom. The van der Waals surface area contributed by atoms with E-state index < -0.39 is 109 Å². The number of nitrogens with zero attached hydrogens (tertiary/aromatic N) is 5. The van der Waals surface area contributed by atoms with Crippen molar-refractivity contribution in [3.05, 3.63) is 171 Å². The van der Waals surface area contributed by atoms with Gasteiger partial charge in [-0.2, -0.15) is 39.5 Å². The molecule has 23 nitrogen and oxygen atoms in total. The summed E-state index contributed by atoms with van der Waals surface area (Å²) in [5.41, 5.74) is -0.719. The molecule has 5 N–H and O–H groups in total. The van der Waals surface area contributed by atoms with Gasteiger partial charge in [0.25, 0.3) is 5.97 Å². The van der Waals surface area contributed by atoms with Crippen molar-refractivity contribution in [3.8, 4) is 11.8 Å². The first kappa shape index (κ1) is 94.3. The van der Waals surface area contributed by atoms with Gasteiger partial charge in [-0.1, -0.05) is 30.0 Å². The van der Waals surface area contributed by atoms with Crippen LogP contribution in [0.3, 0.4) is 0 Å². The number of aromatic nitrogens is 5. The SMILES string of the molecule is CC(C)(C)C(=O)O.CO.COC(=O)Cc1c(C)n(Cc2ccc(S(C)(=O)=O)cc2C(F)(F)F)c2ncccc12.COC(C)(OC)OC.CS(=O)(=O)c1ccc(CNc2ncccc2C#CCO)c(C(F)(F)F)c1.Cc1c(CC(=O)O)c2cccnc2n1Cc1ccc(S(C)(=O)=O)cc1C(F)(F)F.[Cl-].[Na+]. The van der Waals surface area contributed by atoms with Crippen LogP contribution in [0.25, 0.3) is 22.1 Å². The predicted molar refractivity (Wildman–Crippen MR) is 358 cm³/mol. The summed E-state index contributed by atoms with van der Waals surface area (Å²) in [5.74, 6) is 2.17. The van der Waals surface area contributed by atoms with E-state index in [2.05, 4.69) is 32.1 Å². The number of carbonyl (C=O) groups is 3. The Balaban J connectivity index is 0.000000695. The summed E-state index contributed by atoms with van der Waals surface area (Å²) in [6, 6.07) is 18.6. The van der Waals surface area contributed by atoms with E-state index in [-0.39, 0.29) is 104 Å². The van der Waals surface area contributed by atoms with Crippen LogP contribution in [0.5, 0.6) is 0 Å². The molecular formula is C67H77ClF9N6NaO17S3. The molecule has 0 radical (unpaired) electrons. The molecule has 0 aliphatic heterocycles. The minimum absolute atomic E-state index is 0. The molecule has 5 heterocycles. The van der Waals surface area contributed by atoms with E-state index in [1.165, 1.54) is 51.6 Å². The van der Waals surface area contributed by atoms with Gasteiger partial charge in [0.15, 0.2) is 29.5 Å². The van der Waals surface area contributed by atoms with E-state index in [0.717, 1.165) is 62.3 Å². The van der Waals surface area contributed by atoms with Crippen molar-refractivity contribution in [1.82, 2.24) is 24.1 Å². The second kappa shape index (κ2) is 39.6. The number of hydrogen-bond acceptors (Lipinski definition) is 19. The van der Waals surface area contributed by atoms with Gasteiger partial charge in [-0.15, -0.1) is 0 Å². The Hall–Kier alpha value is -7.73. The molecule has 0 aliphatic carbocycles. The molecule has 104 heavy (non-hydrogen) atoms. The summed E-state index contributed by atoms with van der Waals surface area (Å²) in [6.45, 7) is 8.96. The smallest absolute Gasteiger partial charge is 1.00 e. The fourth-order valence-electron chi connectivity index (χ4n) is 9.06. The molecule has 0 bridgehead atoms. The number of halogens is 10. The largest absolute Gasteiger partial charge is 1.00 e. The number of carboxylic acid groups (broad SMARTS) is 2. The zero-order valence-electron chi connectivity index (χ0n) is 59.0. The number of ether oxygens (including phenoxy) is 4. The summed E-state index contributed by atoms with van der Waals surface area (Å²) in [5, 5.41) is 37.1. The summed E-state index contributed by atoms with van der Waals surface area (Å²) >= 11 is 0. The Morgan fingerprint density at radius 2 is 0.904 bits per heavy atom. The quantitative estimate of drug-likeness (QED) is 0.0269. The van der Waals surface area contributed by atoms with Crippen LogP contribution >= 0.6 is 0 Å². The number of fused-ring (bicyclic) bond motifs is 2. The molecule has 566 valence electrons. The fourth-order valence-corrected chi connectivity index (χ4v) is 11.0. The zero-order valence-corrected chi connectivity index (χ0v) is 64.2. The molecule has 0 saturated heterocycles.